The fourth-order valence-corrected chi connectivity index (χ4v) is 3.45. The van der Waals surface area contributed by atoms with Crippen molar-refractivity contribution >= 4 is 11.9 Å². The molecule has 1 aliphatic rings. The molecule has 1 aromatic carbocycles. The normalized spacial score (nSPS) is 15.7. The van der Waals surface area contributed by atoms with Crippen LogP contribution in [0.1, 0.15) is 48.1 Å². The molecular weight excluding hydrogens is 318 g/mol. The number of aromatic nitrogens is 2. The quantitative estimate of drug-likeness (QED) is 0.897. The molecule has 25 heavy (non-hydrogen) atoms. The molecular formula is C19H23N3O3. The van der Waals surface area contributed by atoms with Crippen LogP contribution >= 0.6 is 0 Å². The van der Waals surface area contributed by atoms with E-state index < -0.39 is 17.4 Å². The molecule has 0 spiro atoms. The lowest BCUT2D eigenvalue weighted by molar-refractivity contribution is -0.144. The third-order valence-corrected chi connectivity index (χ3v) is 4.62. The summed E-state index contributed by atoms with van der Waals surface area (Å²) in [5.74, 6) is -1.48. The average molecular weight is 341 g/mol. The van der Waals surface area contributed by atoms with Crippen molar-refractivity contribution < 1.29 is 14.7 Å². The van der Waals surface area contributed by atoms with E-state index in [1.165, 1.54) is 0 Å². The van der Waals surface area contributed by atoms with Gasteiger partial charge < -0.3 is 10.4 Å². The molecule has 1 amide bonds. The number of benzene rings is 1. The molecule has 1 aromatic heterocycles. The third kappa shape index (κ3) is 3.04. The topological polar surface area (TPSA) is 84.2 Å². The fraction of sp³-hybridized carbons (Fsp3) is 0.421. The van der Waals surface area contributed by atoms with Gasteiger partial charge in [0, 0.05) is 18.5 Å². The van der Waals surface area contributed by atoms with E-state index in [0.717, 1.165) is 16.8 Å². The van der Waals surface area contributed by atoms with Crippen LogP contribution in [0.4, 0.5) is 0 Å². The Kier molecular flexibility index (Phi) is 3.94. The number of aryl methyl sites for hydroxylation is 1. The van der Waals surface area contributed by atoms with Gasteiger partial charge >= 0.3 is 5.97 Å². The molecule has 1 heterocycles. The van der Waals surface area contributed by atoms with Crippen molar-refractivity contribution in [2.75, 3.05) is 0 Å². The number of rotatable bonds is 3. The van der Waals surface area contributed by atoms with Gasteiger partial charge in [0.1, 0.15) is 11.2 Å². The van der Waals surface area contributed by atoms with Crippen molar-refractivity contribution in [3.05, 3.63) is 52.8 Å². The molecule has 2 aromatic rings. The summed E-state index contributed by atoms with van der Waals surface area (Å²) in [5, 5.41) is 16.9. The summed E-state index contributed by atoms with van der Waals surface area (Å²) < 4.78 is 1.78. The van der Waals surface area contributed by atoms with E-state index in [-0.39, 0.29) is 24.1 Å². The number of nitrogens with one attached hydrogen (secondary N) is 1. The number of carbonyl (C=O) groups is 2. The van der Waals surface area contributed by atoms with Crippen LogP contribution in [0.5, 0.6) is 0 Å². The highest BCUT2D eigenvalue weighted by atomic mass is 16.4. The SMILES string of the molecule is Cc1cc(C(=O)NC2(C(=O)O)Cc3ccccc3C2)nn1C(C)(C)C. The molecule has 0 saturated carbocycles. The number of amides is 1. The maximum atomic E-state index is 12.7. The van der Waals surface area contributed by atoms with Crippen molar-refractivity contribution in [1.29, 1.82) is 0 Å². The van der Waals surface area contributed by atoms with E-state index in [1.54, 1.807) is 10.7 Å². The minimum Gasteiger partial charge on any atom is -0.479 e. The predicted octanol–water partition coefficient (Wildman–Crippen LogP) is 2.30. The molecule has 2 N–H and O–H groups in total. The molecule has 6 nitrogen and oxygen atoms in total. The maximum absolute atomic E-state index is 12.7. The van der Waals surface area contributed by atoms with Gasteiger partial charge in [-0.05, 0) is 44.9 Å². The first-order chi connectivity index (χ1) is 11.6. The summed E-state index contributed by atoms with van der Waals surface area (Å²) >= 11 is 0. The van der Waals surface area contributed by atoms with Gasteiger partial charge in [-0.3, -0.25) is 9.48 Å². The minimum atomic E-state index is -1.32. The Morgan fingerprint density at radius 3 is 2.20 bits per heavy atom. The average Bonchev–Trinajstić information content (AvgIpc) is 3.07. The molecule has 0 radical (unpaired) electrons. The van der Waals surface area contributed by atoms with E-state index in [1.807, 2.05) is 52.0 Å². The van der Waals surface area contributed by atoms with Crippen molar-refractivity contribution in [2.24, 2.45) is 0 Å². The molecule has 6 heteroatoms. The maximum Gasteiger partial charge on any atom is 0.330 e. The van der Waals surface area contributed by atoms with Gasteiger partial charge in [0.2, 0.25) is 0 Å². The molecule has 0 atom stereocenters. The first-order valence-electron chi connectivity index (χ1n) is 8.32. The minimum absolute atomic E-state index is 0.240. The van der Waals surface area contributed by atoms with Crippen LogP contribution in [0.2, 0.25) is 0 Å². The summed E-state index contributed by atoms with van der Waals surface area (Å²) in [6, 6.07) is 9.27. The summed E-state index contributed by atoms with van der Waals surface area (Å²) in [7, 11) is 0. The van der Waals surface area contributed by atoms with Crippen molar-refractivity contribution in [3.63, 3.8) is 0 Å². The number of carbonyl (C=O) groups excluding carboxylic acids is 1. The largest absolute Gasteiger partial charge is 0.479 e. The number of hydrogen-bond acceptors (Lipinski definition) is 3. The van der Waals surface area contributed by atoms with E-state index in [9.17, 15) is 14.7 Å². The first-order valence-corrected chi connectivity index (χ1v) is 8.32. The Morgan fingerprint density at radius 2 is 1.76 bits per heavy atom. The summed E-state index contributed by atoms with van der Waals surface area (Å²) in [4.78, 5) is 24.7. The summed E-state index contributed by atoms with van der Waals surface area (Å²) in [6.07, 6.45) is 0.562. The summed E-state index contributed by atoms with van der Waals surface area (Å²) in [5.41, 5.74) is 1.44. The molecule has 3 rings (SSSR count). The lowest BCUT2D eigenvalue weighted by atomic mass is 9.95. The molecule has 0 aliphatic heterocycles. The van der Waals surface area contributed by atoms with Gasteiger partial charge in [0.05, 0.1) is 5.54 Å². The highest BCUT2D eigenvalue weighted by Gasteiger charge is 2.45. The van der Waals surface area contributed by atoms with Crippen molar-refractivity contribution in [1.82, 2.24) is 15.1 Å². The van der Waals surface area contributed by atoms with E-state index >= 15 is 0 Å². The number of fused-ring (bicyclic) bond motifs is 1. The molecule has 0 saturated heterocycles. The van der Waals surface area contributed by atoms with Crippen molar-refractivity contribution in [3.8, 4) is 0 Å². The Balaban J connectivity index is 1.88. The molecule has 1 aliphatic carbocycles. The third-order valence-electron chi connectivity index (χ3n) is 4.62. The number of nitrogens with zero attached hydrogens (tertiary/aromatic N) is 2. The van der Waals surface area contributed by atoms with Crippen LogP contribution in [0.25, 0.3) is 0 Å². The van der Waals surface area contributed by atoms with E-state index in [2.05, 4.69) is 10.4 Å². The fourth-order valence-electron chi connectivity index (χ4n) is 3.45. The lowest BCUT2D eigenvalue weighted by Crippen LogP contribution is -2.55. The van der Waals surface area contributed by atoms with Gasteiger partial charge in [-0.1, -0.05) is 24.3 Å². The Labute approximate surface area is 146 Å². The monoisotopic (exact) mass is 341 g/mol. The highest BCUT2D eigenvalue weighted by molar-refractivity contribution is 5.97. The van der Waals surface area contributed by atoms with Gasteiger partial charge in [0.25, 0.3) is 5.91 Å². The van der Waals surface area contributed by atoms with Gasteiger partial charge in [-0.2, -0.15) is 5.10 Å². The van der Waals surface area contributed by atoms with Crippen LogP contribution in [0.15, 0.2) is 30.3 Å². The lowest BCUT2D eigenvalue weighted by Gasteiger charge is -2.25. The van der Waals surface area contributed by atoms with E-state index in [0.29, 0.717) is 0 Å². The Hall–Kier alpha value is -2.63. The second-order valence-corrected chi connectivity index (χ2v) is 7.72. The molecule has 0 bridgehead atoms. The molecule has 0 fully saturated rings. The van der Waals surface area contributed by atoms with Crippen LogP contribution in [0, 0.1) is 6.92 Å². The van der Waals surface area contributed by atoms with Gasteiger partial charge in [0.15, 0.2) is 0 Å². The summed E-state index contributed by atoms with van der Waals surface area (Å²) in [6.45, 7) is 7.89. The zero-order valence-electron chi connectivity index (χ0n) is 15.0. The standard InChI is InChI=1S/C19H23N3O3/c1-12-9-15(21-22(12)18(2,3)4)16(23)20-19(17(24)25)10-13-7-5-6-8-14(13)11-19/h5-9H,10-11H2,1-4H3,(H,20,23)(H,24,25). The van der Waals surface area contributed by atoms with Crippen LogP contribution in [-0.4, -0.2) is 32.3 Å². The Bertz CT molecular complexity index is 821. The number of hydrogen-bond donors (Lipinski definition) is 2. The Morgan fingerprint density at radius 1 is 1.20 bits per heavy atom. The van der Waals surface area contributed by atoms with Crippen LogP contribution in [0.3, 0.4) is 0 Å². The predicted molar refractivity (Wildman–Crippen MR) is 93.6 cm³/mol. The second-order valence-electron chi connectivity index (χ2n) is 7.72. The zero-order valence-corrected chi connectivity index (χ0v) is 15.0. The highest BCUT2D eigenvalue weighted by Crippen LogP contribution is 2.30. The number of carboxylic acid groups (broad SMARTS) is 1. The number of carboxylic acids is 1. The number of aliphatic carboxylic acids is 1. The smallest absolute Gasteiger partial charge is 0.330 e. The van der Waals surface area contributed by atoms with Crippen LogP contribution in [-0.2, 0) is 23.2 Å². The van der Waals surface area contributed by atoms with Gasteiger partial charge in [-0.25, -0.2) is 4.79 Å². The molecule has 132 valence electrons. The zero-order chi connectivity index (χ0) is 18.4. The molecule has 0 unspecified atom stereocenters. The van der Waals surface area contributed by atoms with Crippen molar-refractivity contribution in [2.45, 2.75) is 51.6 Å². The first kappa shape index (κ1) is 17.2. The van der Waals surface area contributed by atoms with Gasteiger partial charge in [-0.15, -0.1) is 0 Å². The second kappa shape index (κ2) is 5.72. The van der Waals surface area contributed by atoms with E-state index in [4.69, 9.17) is 0 Å². The van der Waals surface area contributed by atoms with Crippen LogP contribution < -0.4 is 5.32 Å².